The summed E-state index contributed by atoms with van der Waals surface area (Å²) in [5, 5.41) is 14.1. The van der Waals surface area contributed by atoms with Crippen molar-refractivity contribution >= 4 is 29.7 Å². The summed E-state index contributed by atoms with van der Waals surface area (Å²) in [7, 11) is 0. The van der Waals surface area contributed by atoms with Crippen molar-refractivity contribution in [2.75, 3.05) is 6.54 Å². The number of aliphatic carboxylic acids is 1. The Balaban J connectivity index is 4.93. The van der Waals surface area contributed by atoms with Crippen molar-refractivity contribution in [2.45, 2.75) is 64.1 Å². The van der Waals surface area contributed by atoms with Crippen LogP contribution in [0.15, 0.2) is 4.99 Å². The Kier molecular flexibility index (Phi) is 12.0. The van der Waals surface area contributed by atoms with E-state index < -0.39 is 41.8 Å². The van der Waals surface area contributed by atoms with E-state index in [9.17, 15) is 24.3 Å². The van der Waals surface area contributed by atoms with Crippen LogP contribution in [0.25, 0.3) is 0 Å². The summed E-state index contributed by atoms with van der Waals surface area (Å²) in [5.74, 6) is -3.20. The first-order valence-corrected chi connectivity index (χ1v) is 9.36. The monoisotopic (exact) mass is 415 g/mol. The smallest absolute Gasteiger partial charge is 0.326 e. The molecule has 0 saturated carbocycles. The first kappa shape index (κ1) is 26.1. The SMILES string of the molecule is CC(C)C[C@H](NC(=O)[C@@H](N)CCCN=C(N)N)C(=O)N[C@@H](CCC(N)=O)C(=O)O. The molecule has 0 aliphatic heterocycles. The van der Waals surface area contributed by atoms with Gasteiger partial charge in [0.2, 0.25) is 17.7 Å². The number of guanidine groups is 1. The molecule has 3 atom stereocenters. The minimum absolute atomic E-state index is 0.0399. The van der Waals surface area contributed by atoms with Crippen LogP contribution in [0.1, 0.15) is 46.0 Å². The predicted molar refractivity (Wildman–Crippen MR) is 107 cm³/mol. The fourth-order valence-electron chi connectivity index (χ4n) is 2.45. The first-order chi connectivity index (χ1) is 13.4. The largest absolute Gasteiger partial charge is 0.480 e. The van der Waals surface area contributed by atoms with Gasteiger partial charge in [-0.1, -0.05) is 13.8 Å². The Morgan fingerprint density at radius 2 is 1.55 bits per heavy atom. The Morgan fingerprint density at radius 3 is 2.03 bits per heavy atom. The van der Waals surface area contributed by atoms with Gasteiger partial charge in [0, 0.05) is 13.0 Å². The second-order valence-electron chi connectivity index (χ2n) is 7.15. The van der Waals surface area contributed by atoms with Crippen LogP contribution >= 0.6 is 0 Å². The Bertz CT molecular complexity index is 605. The molecule has 166 valence electrons. The van der Waals surface area contributed by atoms with Crippen LogP contribution in [0.5, 0.6) is 0 Å². The van der Waals surface area contributed by atoms with Gasteiger partial charge in [-0.15, -0.1) is 0 Å². The van der Waals surface area contributed by atoms with Crippen LogP contribution in [-0.2, 0) is 19.2 Å². The third-order valence-corrected chi connectivity index (χ3v) is 3.94. The second kappa shape index (κ2) is 13.3. The Morgan fingerprint density at radius 1 is 0.966 bits per heavy atom. The zero-order chi connectivity index (χ0) is 22.6. The van der Waals surface area contributed by atoms with Crippen molar-refractivity contribution in [2.24, 2.45) is 33.8 Å². The lowest BCUT2D eigenvalue weighted by Gasteiger charge is -2.24. The molecule has 0 aromatic rings. The molecule has 0 aromatic heterocycles. The van der Waals surface area contributed by atoms with Crippen molar-refractivity contribution in [3.63, 3.8) is 0 Å². The van der Waals surface area contributed by atoms with Gasteiger partial charge < -0.3 is 38.7 Å². The highest BCUT2D eigenvalue weighted by Crippen LogP contribution is 2.08. The number of nitrogens with one attached hydrogen (secondary N) is 2. The van der Waals surface area contributed by atoms with Gasteiger partial charge in [0.25, 0.3) is 0 Å². The van der Waals surface area contributed by atoms with Crippen molar-refractivity contribution in [1.29, 1.82) is 0 Å². The van der Waals surface area contributed by atoms with Crippen LogP contribution in [0.2, 0.25) is 0 Å². The Labute approximate surface area is 169 Å². The molecule has 11 N–H and O–H groups in total. The molecule has 0 rings (SSSR count). The lowest BCUT2D eigenvalue weighted by molar-refractivity contribution is -0.142. The normalized spacial score (nSPS) is 13.8. The predicted octanol–water partition coefficient (Wildman–Crippen LogP) is -2.27. The third-order valence-electron chi connectivity index (χ3n) is 3.94. The van der Waals surface area contributed by atoms with Crippen LogP contribution in [0.4, 0.5) is 0 Å². The molecular weight excluding hydrogens is 382 g/mol. The van der Waals surface area contributed by atoms with Crippen molar-refractivity contribution < 1.29 is 24.3 Å². The molecule has 0 radical (unpaired) electrons. The lowest BCUT2D eigenvalue weighted by atomic mass is 10.0. The van der Waals surface area contributed by atoms with Crippen molar-refractivity contribution in [1.82, 2.24) is 10.6 Å². The van der Waals surface area contributed by atoms with Gasteiger partial charge in [0.15, 0.2) is 5.96 Å². The fraction of sp³-hybridized carbons (Fsp3) is 0.706. The number of carbonyl (C=O) groups is 4. The number of amides is 3. The van der Waals surface area contributed by atoms with Gasteiger partial charge in [0.1, 0.15) is 12.1 Å². The van der Waals surface area contributed by atoms with Gasteiger partial charge in [-0.05, 0) is 31.6 Å². The topological polar surface area (TPSA) is 229 Å². The van der Waals surface area contributed by atoms with Gasteiger partial charge in [-0.3, -0.25) is 19.4 Å². The number of hydrogen-bond acceptors (Lipinski definition) is 6. The standard InChI is InChI=1S/C17H33N7O5/c1-9(2)8-12(15(27)23-11(16(28)29)5-6-13(19)25)24-14(26)10(18)4-3-7-22-17(20)21/h9-12H,3-8,18H2,1-2H3,(H2,19,25)(H,23,27)(H,24,26)(H,28,29)(H4,20,21,22)/t10-,11-,12-/m0/s1. The first-order valence-electron chi connectivity index (χ1n) is 9.36. The molecule has 0 aliphatic rings. The molecule has 29 heavy (non-hydrogen) atoms. The molecule has 0 unspecified atom stereocenters. The average Bonchev–Trinajstić information content (AvgIpc) is 2.60. The number of nitrogens with zero attached hydrogens (tertiary/aromatic N) is 1. The summed E-state index contributed by atoms with van der Waals surface area (Å²) in [6.45, 7) is 4.02. The number of aliphatic imine (C=N–C) groups is 1. The van der Waals surface area contributed by atoms with Gasteiger partial charge in [-0.2, -0.15) is 0 Å². The molecule has 0 spiro atoms. The maximum Gasteiger partial charge on any atom is 0.326 e. The van der Waals surface area contributed by atoms with E-state index in [4.69, 9.17) is 22.9 Å². The highest BCUT2D eigenvalue weighted by molar-refractivity contribution is 5.91. The molecule has 0 aliphatic carbocycles. The van der Waals surface area contributed by atoms with Crippen LogP contribution in [0.3, 0.4) is 0 Å². The quantitative estimate of drug-likeness (QED) is 0.0926. The summed E-state index contributed by atoms with van der Waals surface area (Å²) in [6.07, 6.45) is 0.708. The van der Waals surface area contributed by atoms with E-state index in [0.717, 1.165) is 0 Å². The molecule has 0 saturated heterocycles. The minimum atomic E-state index is -1.30. The van der Waals surface area contributed by atoms with Gasteiger partial charge in [-0.25, -0.2) is 4.79 Å². The van der Waals surface area contributed by atoms with E-state index in [1.807, 2.05) is 13.8 Å². The zero-order valence-corrected chi connectivity index (χ0v) is 16.9. The van der Waals surface area contributed by atoms with E-state index in [1.54, 1.807) is 0 Å². The van der Waals surface area contributed by atoms with Gasteiger partial charge >= 0.3 is 5.97 Å². The number of carboxylic acid groups (broad SMARTS) is 1. The zero-order valence-electron chi connectivity index (χ0n) is 16.9. The van der Waals surface area contributed by atoms with Gasteiger partial charge in [0.05, 0.1) is 6.04 Å². The van der Waals surface area contributed by atoms with E-state index in [2.05, 4.69) is 15.6 Å². The second-order valence-corrected chi connectivity index (χ2v) is 7.15. The number of nitrogens with two attached hydrogens (primary N) is 4. The van der Waals surface area contributed by atoms with Crippen LogP contribution in [-0.4, -0.2) is 59.4 Å². The number of carboxylic acids is 1. The molecular formula is C17H33N7O5. The average molecular weight is 415 g/mol. The highest BCUT2D eigenvalue weighted by Gasteiger charge is 2.28. The lowest BCUT2D eigenvalue weighted by Crippen LogP contribution is -2.54. The van der Waals surface area contributed by atoms with E-state index in [0.29, 0.717) is 19.4 Å². The highest BCUT2D eigenvalue weighted by atomic mass is 16.4. The summed E-state index contributed by atoms with van der Waals surface area (Å²) in [5.41, 5.74) is 21.3. The maximum atomic E-state index is 12.5. The number of hydrogen-bond donors (Lipinski definition) is 7. The fourth-order valence-corrected chi connectivity index (χ4v) is 2.45. The van der Waals surface area contributed by atoms with E-state index in [-0.39, 0.29) is 31.1 Å². The summed E-state index contributed by atoms with van der Waals surface area (Å²) < 4.78 is 0. The van der Waals surface area contributed by atoms with Crippen LogP contribution in [0, 0.1) is 5.92 Å². The molecule has 3 amide bonds. The van der Waals surface area contributed by atoms with E-state index >= 15 is 0 Å². The summed E-state index contributed by atoms with van der Waals surface area (Å²) in [4.78, 5) is 50.9. The van der Waals surface area contributed by atoms with E-state index in [1.165, 1.54) is 0 Å². The molecule has 0 bridgehead atoms. The maximum absolute atomic E-state index is 12.5. The molecule has 12 nitrogen and oxygen atoms in total. The Hall–Kier alpha value is -2.89. The molecule has 0 heterocycles. The molecule has 0 aromatic carbocycles. The number of rotatable bonds is 14. The molecule has 0 fully saturated rings. The molecule has 12 heteroatoms. The summed E-state index contributed by atoms with van der Waals surface area (Å²) in [6, 6.07) is -3.15. The van der Waals surface area contributed by atoms with Crippen LogP contribution < -0.4 is 33.6 Å². The minimum Gasteiger partial charge on any atom is -0.480 e. The van der Waals surface area contributed by atoms with Crippen molar-refractivity contribution in [3.05, 3.63) is 0 Å². The summed E-state index contributed by atoms with van der Waals surface area (Å²) >= 11 is 0. The van der Waals surface area contributed by atoms with Crippen molar-refractivity contribution in [3.8, 4) is 0 Å². The number of primary amides is 1. The third kappa shape index (κ3) is 12.2. The number of carbonyl (C=O) groups excluding carboxylic acids is 3.